The number of hydrogen-bond acceptors (Lipinski definition) is 3. The van der Waals surface area contributed by atoms with E-state index in [1.165, 1.54) is 12.8 Å². The molecule has 2 N–H and O–H groups in total. The molecule has 1 aliphatic rings. The van der Waals surface area contributed by atoms with Crippen molar-refractivity contribution in [2.75, 3.05) is 13.2 Å². The number of carbonyl (C=O) groups excluding carboxylic acids is 1. The van der Waals surface area contributed by atoms with Crippen LogP contribution in [0, 0.1) is 0 Å². The van der Waals surface area contributed by atoms with E-state index in [1.807, 2.05) is 36.4 Å². The second-order valence-electron chi connectivity index (χ2n) is 4.90. The first-order valence-corrected chi connectivity index (χ1v) is 6.84. The van der Waals surface area contributed by atoms with Gasteiger partial charge in [-0.15, -0.1) is 0 Å². The van der Waals surface area contributed by atoms with Crippen LogP contribution in [-0.4, -0.2) is 29.3 Å². The molecule has 2 aromatic rings. The highest BCUT2D eigenvalue weighted by Gasteiger charge is 2.26. The number of amides is 1. The van der Waals surface area contributed by atoms with Crippen LogP contribution in [0.3, 0.4) is 0 Å². The van der Waals surface area contributed by atoms with Crippen LogP contribution in [0.25, 0.3) is 0 Å². The summed E-state index contributed by atoms with van der Waals surface area (Å²) >= 11 is 0. The number of benzene rings is 1. The van der Waals surface area contributed by atoms with Crippen molar-refractivity contribution in [3.05, 3.63) is 47.8 Å². The summed E-state index contributed by atoms with van der Waals surface area (Å²) in [4.78, 5) is 11.9. The summed E-state index contributed by atoms with van der Waals surface area (Å²) in [6.45, 7) is 0.898. The largest absolute Gasteiger partial charge is 0.492 e. The molecule has 1 aliphatic carbocycles. The summed E-state index contributed by atoms with van der Waals surface area (Å²) in [5, 5.41) is 9.75. The lowest BCUT2D eigenvalue weighted by molar-refractivity contribution is 0.0942. The summed E-state index contributed by atoms with van der Waals surface area (Å²) in [6.07, 6.45) is 2.38. The molecule has 5 nitrogen and oxygen atoms in total. The van der Waals surface area contributed by atoms with Gasteiger partial charge in [0.05, 0.1) is 6.54 Å². The number of nitrogens with one attached hydrogen (secondary N) is 2. The van der Waals surface area contributed by atoms with Crippen LogP contribution in [0.2, 0.25) is 0 Å². The number of ether oxygens (including phenoxy) is 1. The molecule has 1 heterocycles. The first kappa shape index (κ1) is 12.7. The molecule has 5 heteroatoms. The Labute approximate surface area is 117 Å². The average molecular weight is 271 g/mol. The topological polar surface area (TPSA) is 67.0 Å². The molecule has 1 fully saturated rings. The Bertz CT molecular complexity index is 576. The standard InChI is InChI=1S/C15H17N3O2/c19-15(14-10-13(17-18-14)11-6-7-11)16-8-9-20-12-4-2-1-3-5-12/h1-5,10-11H,6-9H2,(H,16,19)(H,17,18). The lowest BCUT2D eigenvalue weighted by Gasteiger charge is -2.06. The van der Waals surface area contributed by atoms with E-state index in [0.29, 0.717) is 24.8 Å². The summed E-state index contributed by atoms with van der Waals surface area (Å²) < 4.78 is 5.50. The van der Waals surface area contributed by atoms with Crippen molar-refractivity contribution in [3.63, 3.8) is 0 Å². The molecule has 0 unspecified atom stereocenters. The Morgan fingerprint density at radius 2 is 2.15 bits per heavy atom. The highest BCUT2D eigenvalue weighted by atomic mass is 16.5. The fraction of sp³-hybridized carbons (Fsp3) is 0.333. The minimum absolute atomic E-state index is 0.162. The van der Waals surface area contributed by atoms with Crippen LogP contribution in [-0.2, 0) is 0 Å². The van der Waals surface area contributed by atoms with Gasteiger partial charge in [0.15, 0.2) is 0 Å². The molecule has 0 atom stereocenters. The molecule has 0 radical (unpaired) electrons. The van der Waals surface area contributed by atoms with Gasteiger partial charge in [-0.1, -0.05) is 18.2 Å². The van der Waals surface area contributed by atoms with Crippen LogP contribution in [0.5, 0.6) is 5.75 Å². The Kier molecular flexibility index (Phi) is 3.67. The fourth-order valence-electron chi connectivity index (χ4n) is 2.00. The average Bonchev–Trinajstić information content (AvgIpc) is 3.22. The van der Waals surface area contributed by atoms with E-state index in [4.69, 9.17) is 4.74 Å². The molecule has 0 aliphatic heterocycles. The van der Waals surface area contributed by atoms with E-state index < -0.39 is 0 Å². The van der Waals surface area contributed by atoms with Crippen LogP contribution >= 0.6 is 0 Å². The molecule has 1 aromatic heterocycles. The molecule has 104 valence electrons. The van der Waals surface area contributed by atoms with E-state index >= 15 is 0 Å². The zero-order valence-electron chi connectivity index (χ0n) is 11.1. The third-order valence-electron chi connectivity index (χ3n) is 3.25. The van der Waals surface area contributed by atoms with E-state index in [-0.39, 0.29) is 5.91 Å². The van der Waals surface area contributed by atoms with Crippen molar-refractivity contribution >= 4 is 5.91 Å². The molecule has 0 spiro atoms. The normalized spacial score (nSPS) is 14.0. The van der Waals surface area contributed by atoms with Crippen molar-refractivity contribution in [3.8, 4) is 5.75 Å². The number of aromatic amines is 1. The number of nitrogens with zero attached hydrogens (tertiary/aromatic N) is 1. The molecule has 0 saturated heterocycles. The van der Waals surface area contributed by atoms with Gasteiger partial charge in [0.25, 0.3) is 5.91 Å². The van der Waals surface area contributed by atoms with Gasteiger partial charge in [-0.2, -0.15) is 5.10 Å². The first-order valence-electron chi connectivity index (χ1n) is 6.84. The lowest BCUT2D eigenvalue weighted by atomic mass is 10.2. The van der Waals surface area contributed by atoms with Crippen LogP contribution in [0.15, 0.2) is 36.4 Å². The summed E-state index contributed by atoms with van der Waals surface area (Å²) in [5.41, 5.74) is 1.52. The second-order valence-corrected chi connectivity index (χ2v) is 4.90. The number of rotatable bonds is 6. The zero-order valence-corrected chi connectivity index (χ0v) is 11.1. The van der Waals surface area contributed by atoms with Gasteiger partial charge in [-0.3, -0.25) is 9.89 Å². The summed E-state index contributed by atoms with van der Waals surface area (Å²) in [6, 6.07) is 11.4. The lowest BCUT2D eigenvalue weighted by Crippen LogP contribution is -2.28. The van der Waals surface area contributed by atoms with Crippen LogP contribution < -0.4 is 10.1 Å². The van der Waals surface area contributed by atoms with Crippen molar-refractivity contribution in [1.29, 1.82) is 0 Å². The zero-order chi connectivity index (χ0) is 13.8. The molecule has 1 aromatic carbocycles. The highest BCUT2D eigenvalue weighted by Crippen LogP contribution is 2.38. The molecule has 0 bridgehead atoms. The maximum atomic E-state index is 11.9. The quantitative estimate of drug-likeness (QED) is 0.791. The Hall–Kier alpha value is -2.30. The summed E-state index contributed by atoms with van der Waals surface area (Å²) in [7, 11) is 0. The fourth-order valence-corrected chi connectivity index (χ4v) is 2.00. The number of hydrogen-bond donors (Lipinski definition) is 2. The van der Waals surface area contributed by atoms with E-state index in [9.17, 15) is 4.79 Å². The number of H-pyrrole nitrogens is 1. The van der Waals surface area contributed by atoms with Gasteiger partial charge in [0.1, 0.15) is 18.1 Å². The van der Waals surface area contributed by atoms with E-state index in [2.05, 4.69) is 15.5 Å². The smallest absolute Gasteiger partial charge is 0.271 e. The number of para-hydroxylation sites is 1. The minimum Gasteiger partial charge on any atom is -0.492 e. The Morgan fingerprint density at radius 3 is 2.90 bits per heavy atom. The Morgan fingerprint density at radius 1 is 1.35 bits per heavy atom. The van der Waals surface area contributed by atoms with Crippen LogP contribution in [0.1, 0.15) is 34.9 Å². The predicted octanol–water partition coefficient (Wildman–Crippen LogP) is 2.10. The van der Waals surface area contributed by atoms with Gasteiger partial charge < -0.3 is 10.1 Å². The van der Waals surface area contributed by atoms with Crippen molar-refractivity contribution in [1.82, 2.24) is 15.5 Å². The van der Waals surface area contributed by atoms with Crippen LogP contribution in [0.4, 0.5) is 0 Å². The third kappa shape index (κ3) is 3.17. The summed E-state index contributed by atoms with van der Waals surface area (Å²) in [5.74, 6) is 1.22. The van der Waals surface area contributed by atoms with E-state index in [1.54, 1.807) is 0 Å². The van der Waals surface area contributed by atoms with E-state index in [0.717, 1.165) is 11.4 Å². The number of aromatic nitrogens is 2. The minimum atomic E-state index is -0.162. The van der Waals surface area contributed by atoms with Gasteiger partial charge in [0.2, 0.25) is 0 Å². The number of carbonyl (C=O) groups is 1. The maximum absolute atomic E-state index is 11.9. The maximum Gasteiger partial charge on any atom is 0.271 e. The predicted molar refractivity (Wildman–Crippen MR) is 74.8 cm³/mol. The van der Waals surface area contributed by atoms with Gasteiger partial charge in [-0.25, -0.2) is 0 Å². The SMILES string of the molecule is O=C(NCCOc1ccccc1)c1cc(C2CC2)[nH]n1. The van der Waals surface area contributed by atoms with Gasteiger partial charge >= 0.3 is 0 Å². The monoisotopic (exact) mass is 271 g/mol. The first-order chi connectivity index (χ1) is 9.83. The van der Waals surface area contributed by atoms with Crippen molar-refractivity contribution in [2.24, 2.45) is 0 Å². The van der Waals surface area contributed by atoms with Gasteiger partial charge in [0, 0.05) is 11.6 Å². The molecule has 20 heavy (non-hydrogen) atoms. The highest BCUT2D eigenvalue weighted by molar-refractivity contribution is 5.92. The molecular weight excluding hydrogens is 254 g/mol. The van der Waals surface area contributed by atoms with Crippen molar-refractivity contribution in [2.45, 2.75) is 18.8 Å². The third-order valence-corrected chi connectivity index (χ3v) is 3.25. The van der Waals surface area contributed by atoms with Crippen molar-refractivity contribution < 1.29 is 9.53 Å². The molecule has 1 saturated carbocycles. The van der Waals surface area contributed by atoms with Gasteiger partial charge in [-0.05, 0) is 31.0 Å². The Balaban J connectivity index is 1.42. The molecule has 1 amide bonds. The second kappa shape index (κ2) is 5.77. The molecule has 3 rings (SSSR count). The molecular formula is C15H17N3O2.